The van der Waals surface area contributed by atoms with E-state index in [1.165, 1.54) is 5.56 Å². The van der Waals surface area contributed by atoms with Gasteiger partial charge in [-0.15, -0.1) is 0 Å². The second-order valence-electron chi connectivity index (χ2n) is 4.39. The summed E-state index contributed by atoms with van der Waals surface area (Å²) in [4.78, 5) is 0. The molecule has 0 amide bonds. The molecule has 1 aromatic heterocycles. The van der Waals surface area contributed by atoms with Crippen molar-refractivity contribution in [1.29, 1.82) is 0 Å². The fourth-order valence-electron chi connectivity index (χ4n) is 1.88. The normalized spacial score (nSPS) is 10.5. The molecule has 5 heteroatoms. The first-order valence-electron chi connectivity index (χ1n) is 6.81. The number of nitrogens with one attached hydrogen (secondary N) is 1. The molecule has 0 saturated carbocycles. The quantitative estimate of drug-likeness (QED) is 0.801. The maximum Gasteiger partial charge on any atom is 0.161 e. The number of ether oxygens (including phenoxy) is 2. The molecule has 0 unspecified atom stereocenters. The second kappa shape index (κ2) is 7.55. The molecule has 20 heavy (non-hydrogen) atoms. The van der Waals surface area contributed by atoms with E-state index in [1.807, 2.05) is 41.3 Å². The van der Waals surface area contributed by atoms with Crippen molar-refractivity contribution in [1.82, 2.24) is 15.1 Å². The Morgan fingerprint density at radius 2 is 2.05 bits per heavy atom. The third kappa shape index (κ3) is 3.99. The summed E-state index contributed by atoms with van der Waals surface area (Å²) in [6.07, 6.45) is 3.92. The Morgan fingerprint density at radius 1 is 1.25 bits per heavy atom. The smallest absolute Gasteiger partial charge is 0.161 e. The Kier molecular flexibility index (Phi) is 5.43. The predicted molar refractivity (Wildman–Crippen MR) is 78.1 cm³/mol. The number of para-hydroxylation sites is 2. The zero-order valence-electron chi connectivity index (χ0n) is 12.0. The summed E-state index contributed by atoms with van der Waals surface area (Å²) in [6.45, 7) is 5.17. The van der Waals surface area contributed by atoms with Crippen LogP contribution >= 0.6 is 0 Å². The minimum absolute atomic E-state index is 0.558. The number of rotatable bonds is 8. The van der Waals surface area contributed by atoms with Gasteiger partial charge in [-0.25, -0.2) is 0 Å². The standard InChI is InChI=1S/C15H21N3O2/c1-3-16-10-13-11-17-18(12-13)8-9-20-15-7-5-4-6-14(15)19-2/h4-7,11-12,16H,3,8-10H2,1-2H3. The van der Waals surface area contributed by atoms with E-state index < -0.39 is 0 Å². The van der Waals surface area contributed by atoms with Crippen molar-refractivity contribution in [3.8, 4) is 11.5 Å². The van der Waals surface area contributed by atoms with Gasteiger partial charge in [0.25, 0.3) is 0 Å². The molecule has 0 radical (unpaired) electrons. The second-order valence-corrected chi connectivity index (χ2v) is 4.39. The predicted octanol–water partition coefficient (Wildman–Crippen LogP) is 2.08. The topological polar surface area (TPSA) is 48.3 Å². The van der Waals surface area contributed by atoms with Gasteiger partial charge in [-0.05, 0) is 18.7 Å². The Hall–Kier alpha value is -2.01. The average molecular weight is 275 g/mol. The first kappa shape index (κ1) is 14.4. The van der Waals surface area contributed by atoms with Crippen LogP contribution in [-0.4, -0.2) is 30.0 Å². The molecule has 0 aliphatic rings. The minimum Gasteiger partial charge on any atom is -0.493 e. The monoisotopic (exact) mass is 275 g/mol. The van der Waals surface area contributed by atoms with Crippen LogP contribution in [0.15, 0.2) is 36.7 Å². The van der Waals surface area contributed by atoms with Gasteiger partial charge in [-0.3, -0.25) is 4.68 Å². The third-order valence-electron chi connectivity index (χ3n) is 2.91. The molecule has 1 aromatic carbocycles. The van der Waals surface area contributed by atoms with E-state index in [1.54, 1.807) is 7.11 Å². The van der Waals surface area contributed by atoms with E-state index in [2.05, 4.69) is 17.3 Å². The van der Waals surface area contributed by atoms with Crippen molar-refractivity contribution in [3.63, 3.8) is 0 Å². The van der Waals surface area contributed by atoms with Crippen molar-refractivity contribution < 1.29 is 9.47 Å². The van der Waals surface area contributed by atoms with Crippen LogP contribution in [-0.2, 0) is 13.1 Å². The van der Waals surface area contributed by atoms with Gasteiger partial charge in [0.1, 0.15) is 6.61 Å². The largest absolute Gasteiger partial charge is 0.493 e. The first-order valence-corrected chi connectivity index (χ1v) is 6.81. The summed E-state index contributed by atoms with van der Waals surface area (Å²) in [6, 6.07) is 7.64. The van der Waals surface area contributed by atoms with Gasteiger partial charge in [0, 0.05) is 18.3 Å². The summed E-state index contributed by atoms with van der Waals surface area (Å²) in [5.41, 5.74) is 1.18. The first-order chi connectivity index (χ1) is 9.83. The van der Waals surface area contributed by atoms with Gasteiger partial charge in [0.15, 0.2) is 11.5 Å². The number of aromatic nitrogens is 2. The van der Waals surface area contributed by atoms with Crippen molar-refractivity contribution in [2.24, 2.45) is 0 Å². The van der Waals surface area contributed by atoms with Crippen LogP contribution in [0.4, 0.5) is 0 Å². The van der Waals surface area contributed by atoms with Gasteiger partial charge in [0.2, 0.25) is 0 Å². The van der Waals surface area contributed by atoms with Crippen molar-refractivity contribution in [3.05, 3.63) is 42.2 Å². The molecule has 0 atom stereocenters. The average Bonchev–Trinajstić information content (AvgIpc) is 2.93. The summed E-state index contributed by atoms with van der Waals surface area (Å²) < 4.78 is 12.9. The molecule has 5 nitrogen and oxygen atoms in total. The maximum atomic E-state index is 5.72. The van der Waals surface area contributed by atoms with Crippen LogP contribution < -0.4 is 14.8 Å². The molecule has 0 bridgehead atoms. The van der Waals surface area contributed by atoms with E-state index in [4.69, 9.17) is 9.47 Å². The van der Waals surface area contributed by atoms with E-state index >= 15 is 0 Å². The summed E-state index contributed by atoms with van der Waals surface area (Å²) >= 11 is 0. The molecule has 0 saturated heterocycles. The van der Waals surface area contributed by atoms with Gasteiger partial charge >= 0.3 is 0 Å². The number of hydrogen-bond donors (Lipinski definition) is 1. The van der Waals surface area contributed by atoms with Crippen LogP contribution in [0.5, 0.6) is 11.5 Å². The van der Waals surface area contributed by atoms with Crippen molar-refractivity contribution in [2.75, 3.05) is 20.3 Å². The molecule has 0 spiro atoms. The fraction of sp³-hybridized carbons (Fsp3) is 0.400. The number of methoxy groups -OCH3 is 1. The maximum absolute atomic E-state index is 5.72. The Morgan fingerprint density at radius 3 is 2.80 bits per heavy atom. The lowest BCUT2D eigenvalue weighted by Gasteiger charge is -2.10. The van der Waals surface area contributed by atoms with E-state index in [-0.39, 0.29) is 0 Å². The van der Waals surface area contributed by atoms with Crippen LogP contribution in [0, 0.1) is 0 Å². The Bertz CT molecular complexity index is 525. The highest BCUT2D eigenvalue weighted by atomic mass is 16.5. The van der Waals surface area contributed by atoms with Gasteiger partial charge in [-0.1, -0.05) is 19.1 Å². The van der Waals surface area contributed by atoms with Gasteiger partial charge in [0.05, 0.1) is 19.9 Å². The summed E-state index contributed by atoms with van der Waals surface area (Å²) in [5, 5.41) is 7.58. The van der Waals surface area contributed by atoms with E-state index in [0.717, 1.165) is 24.6 Å². The molecule has 2 aromatic rings. The Balaban J connectivity index is 1.82. The lowest BCUT2D eigenvalue weighted by molar-refractivity contribution is 0.274. The molecule has 1 heterocycles. The zero-order chi connectivity index (χ0) is 14.2. The number of nitrogens with zero attached hydrogens (tertiary/aromatic N) is 2. The van der Waals surface area contributed by atoms with Crippen LogP contribution in [0.1, 0.15) is 12.5 Å². The van der Waals surface area contributed by atoms with E-state index in [9.17, 15) is 0 Å². The lowest BCUT2D eigenvalue weighted by atomic mass is 10.3. The molecule has 108 valence electrons. The molecular weight excluding hydrogens is 254 g/mol. The van der Waals surface area contributed by atoms with Gasteiger partial charge < -0.3 is 14.8 Å². The molecule has 2 rings (SSSR count). The minimum atomic E-state index is 0.558. The lowest BCUT2D eigenvalue weighted by Crippen LogP contribution is -2.11. The zero-order valence-corrected chi connectivity index (χ0v) is 12.0. The highest BCUT2D eigenvalue weighted by Gasteiger charge is 2.03. The Labute approximate surface area is 119 Å². The van der Waals surface area contributed by atoms with Crippen LogP contribution in [0.3, 0.4) is 0 Å². The summed E-state index contributed by atoms with van der Waals surface area (Å²) in [5.74, 6) is 1.51. The molecular formula is C15H21N3O2. The molecule has 0 fully saturated rings. The number of benzene rings is 1. The van der Waals surface area contributed by atoms with Crippen molar-refractivity contribution in [2.45, 2.75) is 20.0 Å². The van der Waals surface area contributed by atoms with E-state index in [0.29, 0.717) is 13.2 Å². The highest BCUT2D eigenvalue weighted by molar-refractivity contribution is 5.39. The van der Waals surface area contributed by atoms with Gasteiger partial charge in [-0.2, -0.15) is 5.10 Å². The number of hydrogen-bond acceptors (Lipinski definition) is 4. The van der Waals surface area contributed by atoms with Crippen molar-refractivity contribution >= 4 is 0 Å². The van der Waals surface area contributed by atoms with Crippen LogP contribution in [0.2, 0.25) is 0 Å². The molecule has 1 N–H and O–H groups in total. The fourth-order valence-corrected chi connectivity index (χ4v) is 1.88. The van der Waals surface area contributed by atoms with Crippen LogP contribution in [0.25, 0.3) is 0 Å². The summed E-state index contributed by atoms with van der Waals surface area (Å²) in [7, 11) is 1.64. The SMILES string of the molecule is CCNCc1cnn(CCOc2ccccc2OC)c1. The highest BCUT2D eigenvalue weighted by Crippen LogP contribution is 2.25. The molecule has 0 aliphatic carbocycles. The third-order valence-corrected chi connectivity index (χ3v) is 2.91. The molecule has 0 aliphatic heterocycles.